The van der Waals surface area contributed by atoms with Gasteiger partial charge in [0.05, 0.1) is 25.9 Å². The Morgan fingerprint density at radius 2 is 1.04 bits per heavy atom. The summed E-state index contributed by atoms with van der Waals surface area (Å²) in [6, 6.07) is 9.27. The molecule has 10 aromatic rings. The number of benzene rings is 8. The summed E-state index contributed by atoms with van der Waals surface area (Å²) in [5.41, 5.74) is 1.12. The zero-order chi connectivity index (χ0) is 43.2. The van der Waals surface area contributed by atoms with E-state index in [9.17, 15) is 6.85 Å². The molecule has 10 rings (SSSR count). The molecule has 0 radical (unpaired) electrons. The topological polar surface area (TPSA) is 26.3 Å². The molecular weight excluding hydrogens is 560 g/mol. The van der Waals surface area contributed by atoms with Crippen molar-refractivity contribution in [3.63, 3.8) is 0 Å². The quantitative estimate of drug-likeness (QED) is 0.188. The molecule has 2 heterocycles. The van der Waals surface area contributed by atoms with Crippen LogP contribution < -0.4 is 0 Å². The van der Waals surface area contributed by atoms with Crippen LogP contribution in [0.2, 0.25) is 0 Å². The highest BCUT2D eigenvalue weighted by molar-refractivity contribution is 6.29. The maximum Gasteiger partial charge on any atom is 0.147 e. The van der Waals surface area contributed by atoms with Crippen molar-refractivity contribution >= 4 is 65.2 Å². The fourth-order valence-electron chi connectivity index (χ4n) is 6.48. The molecule has 0 amide bonds. The van der Waals surface area contributed by atoms with Crippen LogP contribution in [0.4, 0.5) is 0 Å². The summed E-state index contributed by atoms with van der Waals surface area (Å²) in [5.74, 6) is 0.479. The summed E-state index contributed by atoms with van der Waals surface area (Å²) in [7, 11) is 0. The monoisotopic (exact) mass is 601 g/mol. The van der Waals surface area contributed by atoms with Gasteiger partial charge in [-0.3, -0.25) is 0 Å². The SMILES string of the molecule is [2H]c1c([2H])c([2H])c2c(-c3c4c([2H])c([2H])c([2H])c([2H])c4c(-c4cc5oc(-c6ccccc6)cc5c5oc6ccccc6c45)c4c([2H])c([2H])c([2H])c([2H])c34)c([2H])c([2H])c([2H])c2c1[2H]. The molecule has 0 N–H and O–H groups in total. The molecule has 0 spiro atoms. The molecule has 0 aliphatic carbocycles. The lowest BCUT2D eigenvalue weighted by molar-refractivity contribution is 0.631. The lowest BCUT2D eigenvalue weighted by atomic mass is 9.83. The Labute approximate surface area is 285 Å². The van der Waals surface area contributed by atoms with E-state index in [1.165, 1.54) is 0 Å². The fourth-order valence-corrected chi connectivity index (χ4v) is 6.48. The molecule has 46 heavy (non-hydrogen) atoms. The first-order chi connectivity index (χ1) is 29.1. The van der Waals surface area contributed by atoms with E-state index in [-0.39, 0.29) is 43.8 Å². The zero-order valence-electron chi connectivity index (χ0n) is 38.7. The lowest BCUT2D eigenvalue weighted by Gasteiger charge is -2.19. The first-order valence-corrected chi connectivity index (χ1v) is 14.5. The van der Waals surface area contributed by atoms with Crippen LogP contribution in [0.1, 0.15) is 20.6 Å². The molecule has 0 aliphatic rings. The fraction of sp³-hybridized carbons (Fsp3) is 0. The number of para-hydroxylation sites is 1. The van der Waals surface area contributed by atoms with Gasteiger partial charge in [0.2, 0.25) is 0 Å². The van der Waals surface area contributed by atoms with Crippen molar-refractivity contribution in [2.24, 2.45) is 0 Å². The van der Waals surface area contributed by atoms with Crippen LogP contribution in [0.25, 0.3) is 98.8 Å². The zero-order valence-corrected chi connectivity index (χ0v) is 23.7. The van der Waals surface area contributed by atoms with E-state index in [0.717, 1.165) is 5.56 Å². The van der Waals surface area contributed by atoms with Gasteiger partial charge in [-0.1, -0.05) is 139 Å². The Morgan fingerprint density at radius 3 is 1.78 bits per heavy atom. The summed E-state index contributed by atoms with van der Waals surface area (Å²) in [6.07, 6.45) is 0. The van der Waals surface area contributed by atoms with Crippen molar-refractivity contribution in [1.82, 2.24) is 0 Å². The normalized spacial score (nSPS) is 16.5. The Morgan fingerprint density at radius 1 is 0.435 bits per heavy atom. The third-order valence-corrected chi connectivity index (χ3v) is 8.41. The van der Waals surface area contributed by atoms with E-state index >= 15 is 0 Å². The predicted molar refractivity (Wildman–Crippen MR) is 192 cm³/mol. The second-order valence-electron chi connectivity index (χ2n) is 10.9. The van der Waals surface area contributed by atoms with Crippen molar-refractivity contribution in [3.05, 3.63) is 157 Å². The highest BCUT2D eigenvalue weighted by Gasteiger charge is 2.24. The summed E-state index contributed by atoms with van der Waals surface area (Å²) in [6.45, 7) is 0. The Balaban J connectivity index is 1.54. The molecule has 0 aliphatic heterocycles. The molecule has 214 valence electrons. The summed E-state index contributed by atoms with van der Waals surface area (Å²) in [5, 5.41) is -0.481. The molecular formula is C44H26O2. The minimum absolute atomic E-state index is 0.0511. The van der Waals surface area contributed by atoms with E-state index < -0.39 is 107 Å². The van der Waals surface area contributed by atoms with Crippen molar-refractivity contribution in [2.45, 2.75) is 0 Å². The first kappa shape index (κ1) is 14.8. The average molecular weight is 602 g/mol. The van der Waals surface area contributed by atoms with Crippen LogP contribution in [-0.2, 0) is 0 Å². The average Bonchev–Trinajstić information content (AvgIpc) is 3.88. The van der Waals surface area contributed by atoms with Crippen molar-refractivity contribution in [3.8, 4) is 33.6 Å². The molecule has 2 aromatic heterocycles. The van der Waals surface area contributed by atoms with E-state index in [2.05, 4.69) is 0 Å². The van der Waals surface area contributed by atoms with E-state index in [0.29, 0.717) is 33.1 Å². The van der Waals surface area contributed by atoms with Gasteiger partial charge in [0, 0.05) is 16.3 Å². The van der Waals surface area contributed by atoms with Crippen molar-refractivity contribution in [2.75, 3.05) is 0 Å². The van der Waals surface area contributed by atoms with Crippen LogP contribution in [-0.4, -0.2) is 0 Å². The molecule has 0 unspecified atom stereocenters. The molecule has 0 saturated carbocycles. The highest BCUT2D eigenvalue weighted by Crippen LogP contribution is 2.49. The van der Waals surface area contributed by atoms with Gasteiger partial charge in [0.1, 0.15) is 22.5 Å². The maximum absolute atomic E-state index is 9.55. The maximum atomic E-state index is 9.55. The van der Waals surface area contributed by atoms with Gasteiger partial charge < -0.3 is 8.83 Å². The number of fused-ring (bicyclic) bond motifs is 8. The molecule has 0 fully saturated rings. The third kappa shape index (κ3) is 3.59. The molecule has 2 heteroatoms. The molecule has 2 nitrogen and oxygen atoms in total. The van der Waals surface area contributed by atoms with Crippen molar-refractivity contribution in [1.29, 1.82) is 0 Å². The first-order valence-electron chi connectivity index (χ1n) is 22.0. The van der Waals surface area contributed by atoms with Gasteiger partial charge in [0.25, 0.3) is 0 Å². The minimum atomic E-state index is -0.774. The standard InChI is InChI=1S/C44H26O2/c1-2-14-28(15-3-1)39-25-36-40(45-39)26-37(43-35-22-10-11-24-38(35)46-44(36)43)42-33-20-8-6-18-31(33)41(32-19-7-9-21-34(32)42)30-23-12-16-27-13-4-5-17-29(27)30/h1-26H/i4D,5D,6D,7D,8D,9D,12D,13D,16D,17D,18D,19D,20D,21D,23D. The Hall–Kier alpha value is -6.12. The Kier molecular flexibility index (Phi) is 3.11. The molecule has 8 aromatic carbocycles. The number of rotatable bonds is 3. The van der Waals surface area contributed by atoms with Crippen molar-refractivity contribution < 1.29 is 29.4 Å². The largest absolute Gasteiger partial charge is 0.456 e. The summed E-state index contributed by atoms with van der Waals surface area (Å²) < 4.78 is 149. The molecule has 0 bridgehead atoms. The second-order valence-corrected chi connectivity index (χ2v) is 10.9. The van der Waals surface area contributed by atoms with Crippen LogP contribution in [0.3, 0.4) is 0 Å². The molecule has 0 atom stereocenters. The van der Waals surface area contributed by atoms with E-state index in [1.54, 1.807) is 30.3 Å². The van der Waals surface area contributed by atoms with Gasteiger partial charge in [-0.05, 0) is 72.8 Å². The summed E-state index contributed by atoms with van der Waals surface area (Å²) in [4.78, 5) is 0. The molecule has 0 saturated heterocycles. The number of hydrogen-bond donors (Lipinski definition) is 0. The lowest BCUT2D eigenvalue weighted by Crippen LogP contribution is -1.92. The van der Waals surface area contributed by atoms with Gasteiger partial charge >= 0.3 is 0 Å². The Bertz CT molecular complexity index is 3560. The van der Waals surface area contributed by atoms with Crippen LogP contribution >= 0.6 is 0 Å². The second kappa shape index (κ2) is 9.69. The minimum Gasteiger partial charge on any atom is -0.456 e. The highest BCUT2D eigenvalue weighted by atomic mass is 16.3. The van der Waals surface area contributed by atoms with E-state index in [4.69, 9.17) is 22.5 Å². The van der Waals surface area contributed by atoms with Crippen LogP contribution in [0.5, 0.6) is 0 Å². The van der Waals surface area contributed by atoms with Gasteiger partial charge in [-0.2, -0.15) is 0 Å². The number of hydrogen-bond acceptors (Lipinski definition) is 2. The summed E-state index contributed by atoms with van der Waals surface area (Å²) >= 11 is 0. The van der Waals surface area contributed by atoms with Crippen LogP contribution in [0.15, 0.2) is 166 Å². The third-order valence-electron chi connectivity index (χ3n) is 8.41. The smallest absolute Gasteiger partial charge is 0.147 e. The van der Waals surface area contributed by atoms with E-state index in [1.807, 2.05) is 36.4 Å². The number of furan rings is 2. The van der Waals surface area contributed by atoms with Crippen LogP contribution in [0, 0.1) is 0 Å². The van der Waals surface area contributed by atoms with Gasteiger partial charge in [-0.15, -0.1) is 0 Å². The van der Waals surface area contributed by atoms with Gasteiger partial charge in [-0.25, -0.2) is 0 Å². The van der Waals surface area contributed by atoms with Gasteiger partial charge in [0.15, 0.2) is 0 Å². The predicted octanol–water partition coefficient (Wildman–Crippen LogP) is 12.8.